The van der Waals surface area contributed by atoms with Crippen LogP contribution in [0.2, 0.25) is 0 Å². The Morgan fingerprint density at radius 3 is 2.64 bits per heavy atom. The first-order valence-corrected chi connectivity index (χ1v) is 8.77. The molecule has 0 saturated heterocycles. The Morgan fingerprint density at radius 1 is 1.29 bits per heavy atom. The lowest BCUT2D eigenvalue weighted by Crippen LogP contribution is -2.44. The second kappa shape index (κ2) is 10.3. The predicted molar refractivity (Wildman–Crippen MR) is 96.8 cm³/mol. The Hall–Kier alpha value is -3.04. The van der Waals surface area contributed by atoms with Gasteiger partial charge in [0.2, 0.25) is 0 Å². The molecule has 1 heterocycles. The zero-order chi connectivity index (χ0) is 20.5. The highest BCUT2D eigenvalue weighted by Crippen LogP contribution is 2.09. The standard InChI is InChI=1S/C18H23F2N5O3/c1-24(11-16-21-12-22-25(16)10-15(19)20)18(28)23-14(7-8-17(26)27)9-13-5-3-2-4-6-13/h2-6,12,14-15H,7-11H2,1H3,(H,23,28)(H,26,27). The normalized spacial score (nSPS) is 12.0. The van der Waals surface area contributed by atoms with Crippen LogP contribution in [0.3, 0.4) is 0 Å². The molecule has 0 bridgehead atoms. The molecule has 1 atom stereocenters. The summed E-state index contributed by atoms with van der Waals surface area (Å²) in [5.41, 5.74) is 0.970. The highest BCUT2D eigenvalue weighted by Gasteiger charge is 2.19. The van der Waals surface area contributed by atoms with Crippen LogP contribution in [-0.4, -0.2) is 56.3 Å². The molecule has 10 heteroatoms. The minimum atomic E-state index is -2.58. The molecule has 0 saturated carbocycles. The molecular weight excluding hydrogens is 372 g/mol. The number of halogens is 2. The number of carbonyl (C=O) groups excluding carboxylic acids is 1. The van der Waals surface area contributed by atoms with Crippen LogP contribution < -0.4 is 5.32 Å². The fourth-order valence-electron chi connectivity index (χ4n) is 2.68. The van der Waals surface area contributed by atoms with Gasteiger partial charge >= 0.3 is 12.0 Å². The summed E-state index contributed by atoms with van der Waals surface area (Å²) in [7, 11) is 1.51. The lowest BCUT2D eigenvalue weighted by Gasteiger charge is -2.23. The van der Waals surface area contributed by atoms with E-state index in [-0.39, 0.29) is 31.3 Å². The first-order chi connectivity index (χ1) is 13.3. The number of aromatic nitrogens is 3. The molecule has 0 aliphatic heterocycles. The van der Waals surface area contributed by atoms with Crippen molar-refractivity contribution in [1.82, 2.24) is 25.0 Å². The van der Waals surface area contributed by atoms with Gasteiger partial charge < -0.3 is 15.3 Å². The van der Waals surface area contributed by atoms with Crippen molar-refractivity contribution < 1.29 is 23.5 Å². The van der Waals surface area contributed by atoms with Gasteiger partial charge in [-0.2, -0.15) is 5.10 Å². The number of nitrogens with zero attached hydrogens (tertiary/aromatic N) is 4. The number of hydrogen-bond donors (Lipinski definition) is 2. The van der Waals surface area contributed by atoms with Gasteiger partial charge in [0.15, 0.2) is 0 Å². The number of rotatable bonds is 10. The minimum Gasteiger partial charge on any atom is -0.481 e. The van der Waals surface area contributed by atoms with Gasteiger partial charge in [-0.3, -0.25) is 4.79 Å². The summed E-state index contributed by atoms with van der Waals surface area (Å²) in [6, 6.07) is 8.58. The Kier molecular flexibility index (Phi) is 7.85. The van der Waals surface area contributed by atoms with Crippen molar-refractivity contribution in [3.05, 3.63) is 48.0 Å². The first-order valence-electron chi connectivity index (χ1n) is 8.77. The summed E-state index contributed by atoms with van der Waals surface area (Å²) in [6.45, 7) is -0.602. The average Bonchev–Trinajstić information content (AvgIpc) is 3.06. The monoisotopic (exact) mass is 395 g/mol. The molecule has 0 aliphatic rings. The number of benzene rings is 1. The molecule has 152 valence electrons. The molecule has 2 amide bonds. The first kappa shape index (κ1) is 21.3. The third-order valence-electron chi connectivity index (χ3n) is 4.09. The van der Waals surface area contributed by atoms with Crippen LogP contribution in [0.5, 0.6) is 0 Å². The van der Waals surface area contributed by atoms with Gasteiger partial charge in [-0.15, -0.1) is 0 Å². The van der Waals surface area contributed by atoms with Crippen molar-refractivity contribution >= 4 is 12.0 Å². The van der Waals surface area contributed by atoms with Crippen LogP contribution in [-0.2, 0) is 24.3 Å². The number of alkyl halides is 2. The van der Waals surface area contributed by atoms with Crippen molar-refractivity contribution in [1.29, 1.82) is 0 Å². The summed E-state index contributed by atoms with van der Waals surface area (Å²) in [4.78, 5) is 28.6. The van der Waals surface area contributed by atoms with Crippen LogP contribution in [0.25, 0.3) is 0 Å². The highest BCUT2D eigenvalue weighted by molar-refractivity contribution is 5.74. The maximum Gasteiger partial charge on any atom is 0.317 e. The number of hydrogen-bond acceptors (Lipinski definition) is 4. The van der Waals surface area contributed by atoms with Crippen LogP contribution >= 0.6 is 0 Å². The van der Waals surface area contributed by atoms with Crippen LogP contribution in [0, 0.1) is 0 Å². The number of aliphatic carboxylic acids is 1. The van der Waals surface area contributed by atoms with Gasteiger partial charge in [-0.05, 0) is 18.4 Å². The number of nitrogens with one attached hydrogen (secondary N) is 1. The maximum atomic E-state index is 12.6. The molecule has 2 rings (SSSR count). The van der Waals surface area contributed by atoms with Gasteiger partial charge in [-0.1, -0.05) is 30.3 Å². The molecule has 0 aliphatic carbocycles. The summed E-state index contributed by atoms with van der Waals surface area (Å²) in [6.07, 6.45) is -0.745. The Balaban J connectivity index is 1.98. The molecule has 2 aromatic rings. The van der Waals surface area contributed by atoms with Crippen LogP contribution in [0.1, 0.15) is 24.2 Å². The number of amides is 2. The van der Waals surface area contributed by atoms with Crippen molar-refractivity contribution in [3.63, 3.8) is 0 Å². The molecule has 8 nitrogen and oxygen atoms in total. The smallest absolute Gasteiger partial charge is 0.317 e. The van der Waals surface area contributed by atoms with E-state index in [0.717, 1.165) is 16.6 Å². The quantitative estimate of drug-likeness (QED) is 0.642. The largest absolute Gasteiger partial charge is 0.481 e. The van der Waals surface area contributed by atoms with Crippen molar-refractivity contribution in [2.24, 2.45) is 0 Å². The molecule has 2 N–H and O–H groups in total. The lowest BCUT2D eigenvalue weighted by atomic mass is 10.0. The summed E-state index contributed by atoms with van der Waals surface area (Å²) < 4.78 is 26.2. The van der Waals surface area contributed by atoms with Crippen molar-refractivity contribution in [3.8, 4) is 0 Å². The van der Waals surface area contributed by atoms with E-state index in [9.17, 15) is 18.4 Å². The van der Waals surface area contributed by atoms with E-state index in [4.69, 9.17) is 5.11 Å². The number of urea groups is 1. The highest BCUT2D eigenvalue weighted by atomic mass is 19.3. The molecule has 0 fully saturated rings. The Morgan fingerprint density at radius 2 is 2.00 bits per heavy atom. The van der Waals surface area contributed by atoms with E-state index in [0.29, 0.717) is 6.42 Å². The van der Waals surface area contributed by atoms with E-state index < -0.39 is 25.0 Å². The van der Waals surface area contributed by atoms with Gasteiger partial charge in [0.05, 0.1) is 6.54 Å². The minimum absolute atomic E-state index is 0.00442. The van der Waals surface area contributed by atoms with E-state index in [1.54, 1.807) is 0 Å². The van der Waals surface area contributed by atoms with Crippen LogP contribution in [0.15, 0.2) is 36.7 Å². The van der Waals surface area contributed by atoms with Gasteiger partial charge in [-0.25, -0.2) is 23.2 Å². The molecule has 1 aromatic carbocycles. The van der Waals surface area contributed by atoms with Gasteiger partial charge in [0.1, 0.15) is 18.7 Å². The molecular formula is C18H23F2N5O3. The predicted octanol–water partition coefficient (Wildman–Crippen LogP) is 2.16. The van der Waals surface area contributed by atoms with E-state index in [1.807, 2.05) is 30.3 Å². The van der Waals surface area contributed by atoms with E-state index >= 15 is 0 Å². The van der Waals surface area contributed by atoms with Crippen molar-refractivity contribution in [2.75, 3.05) is 7.05 Å². The molecule has 0 spiro atoms. The fourth-order valence-corrected chi connectivity index (χ4v) is 2.68. The average molecular weight is 395 g/mol. The summed E-state index contributed by atoms with van der Waals surface area (Å²) in [5, 5.41) is 15.5. The van der Waals surface area contributed by atoms with E-state index in [1.165, 1.54) is 11.9 Å². The van der Waals surface area contributed by atoms with Crippen molar-refractivity contribution in [2.45, 2.75) is 44.8 Å². The SMILES string of the molecule is CN(Cc1ncnn1CC(F)F)C(=O)NC(CCC(=O)O)Cc1ccccc1. The number of carboxylic acids is 1. The molecule has 28 heavy (non-hydrogen) atoms. The third kappa shape index (κ3) is 6.93. The number of carbonyl (C=O) groups is 2. The molecule has 1 aromatic heterocycles. The summed E-state index contributed by atoms with van der Waals surface area (Å²) in [5.74, 6) is -0.705. The van der Waals surface area contributed by atoms with Gasteiger partial charge in [0, 0.05) is 19.5 Å². The molecule has 1 unspecified atom stereocenters. The fraction of sp³-hybridized carbons (Fsp3) is 0.444. The Labute approximate surface area is 161 Å². The lowest BCUT2D eigenvalue weighted by molar-refractivity contribution is -0.137. The second-order valence-electron chi connectivity index (χ2n) is 6.37. The number of carboxylic acid groups (broad SMARTS) is 1. The molecule has 0 radical (unpaired) electrons. The third-order valence-corrected chi connectivity index (χ3v) is 4.09. The van der Waals surface area contributed by atoms with Gasteiger partial charge in [0.25, 0.3) is 6.43 Å². The van der Waals surface area contributed by atoms with E-state index in [2.05, 4.69) is 15.4 Å². The zero-order valence-corrected chi connectivity index (χ0v) is 15.5. The summed E-state index contributed by atoms with van der Waals surface area (Å²) >= 11 is 0. The van der Waals surface area contributed by atoms with Crippen LogP contribution in [0.4, 0.5) is 13.6 Å². The Bertz CT molecular complexity index is 770. The zero-order valence-electron chi connectivity index (χ0n) is 15.5. The second-order valence-corrected chi connectivity index (χ2v) is 6.37. The maximum absolute atomic E-state index is 12.6. The topological polar surface area (TPSA) is 100 Å².